The zero-order valence-electron chi connectivity index (χ0n) is 11.5. The molecular weight excluding hydrogens is 282 g/mol. The normalized spacial score (nSPS) is 13.9. The molecule has 0 amide bonds. The largest absolute Gasteiger partial charge is 0.481 e. The molecule has 1 atom stereocenters. The highest BCUT2D eigenvalue weighted by molar-refractivity contribution is 5.74. The Morgan fingerprint density at radius 1 is 1.33 bits per heavy atom. The average Bonchev–Trinajstić information content (AvgIpc) is 2.85. The predicted octanol–water partition coefficient (Wildman–Crippen LogP) is 2.12. The topological polar surface area (TPSA) is 80.9 Å². The number of carboxylic acids is 1. The number of carbonyl (C=O) groups is 1. The van der Waals surface area contributed by atoms with Gasteiger partial charge in [-0.25, -0.2) is 13.5 Å². The van der Waals surface area contributed by atoms with Crippen LogP contribution in [-0.4, -0.2) is 31.3 Å². The van der Waals surface area contributed by atoms with E-state index in [0.717, 1.165) is 18.2 Å². The van der Waals surface area contributed by atoms with Gasteiger partial charge in [0.1, 0.15) is 11.6 Å². The fraction of sp³-hybridized carbons (Fsp3) is 0.385. The molecule has 8 heteroatoms. The van der Waals surface area contributed by atoms with Gasteiger partial charge in [0.2, 0.25) is 0 Å². The Hall–Kier alpha value is -2.38. The van der Waals surface area contributed by atoms with Crippen molar-refractivity contribution in [2.24, 2.45) is 5.41 Å². The van der Waals surface area contributed by atoms with Crippen molar-refractivity contribution in [2.45, 2.75) is 26.8 Å². The number of carboxylic acid groups (broad SMARTS) is 1. The molecule has 0 radical (unpaired) electrons. The number of hydrogen-bond donors (Lipinski definition) is 1. The van der Waals surface area contributed by atoms with Crippen LogP contribution in [0.3, 0.4) is 0 Å². The molecule has 2 rings (SSSR count). The van der Waals surface area contributed by atoms with Crippen LogP contribution < -0.4 is 0 Å². The lowest BCUT2D eigenvalue weighted by Gasteiger charge is -2.22. The number of tetrazole rings is 1. The van der Waals surface area contributed by atoms with E-state index in [9.17, 15) is 18.7 Å². The minimum atomic E-state index is -1.07. The van der Waals surface area contributed by atoms with Crippen LogP contribution in [0.2, 0.25) is 0 Å². The highest BCUT2D eigenvalue weighted by atomic mass is 19.1. The molecule has 0 saturated heterocycles. The molecular formula is C13H14F2N4O2. The Morgan fingerprint density at radius 2 is 1.95 bits per heavy atom. The van der Waals surface area contributed by atoms with E-state index in [1.54, 1.807) is 13.8 Å². The van der Waals surface area contributed by atoms with Crippen LogP contribution in [0.25, 0.3) is 11.4 Å². The molecule has 1 heterocycles. The minimum Gasteiger partial charge on any atom is -0.481 e. The summed E-state index contributed by atoms with van der Waals surface area (Å²) < 4.78 is 27.8. The van der Waals surface area contributed by atoms with E-state index in [4.69, 9.17) is 0 Å². The number of benzene rings is 1. The average molecular weight is 296 g/mol. The number of nitrogens with zero attached hydrogens (tertiary/aromatic N) is 4. The highest BCUT2D eigenvalue weighted by Crippen LogP contribution is 2.26. The fourth-order valence-electron chi connectivity index (χ4n) is 1.86. The van der Waals surface area contributed by atoms with Crippen molar-refractivity contribution in [1.29, 1.82) is 0 Å². The van der Waals surface area contributed by atoms with Crippen molar-refractivity contribution in [3.63, 3.8) is 0 Å². The lowest BCUT2D eigenvalue weighted by atomic mass is 9.88. The maximum atomic E-state index is 13.3. The molecule has 112 valence electrons. The summed E-state index contributed by atoms with van der Waals surface area (Å²) in [6, 6.07) is 2.93. The van der Waals surface area contributed by atoms with Gasteiger partial charge in [-0.05, 0) is 35.9 Å². The van der Waals surface area contributed by atoms with E-state index in [1.165, 1.54) is 4.68 Å². The van der Waals surface area contributed by atoms with Crippen LogP contribution in [0.15, 0.2) is 18.2 Å². The van der Waals surface area contributed by atoms with Gasteiger partial charge in [0.25, 0.3) is 0 Å². The molecule has 1 N–H and O–H groups in total. The third kappa shape index (κ3) is 3.04. The summed E-state index contributed by atoms with van der Waals surface area (Å²) in [5.41, 5.74) is -0.919. The molecule has 0 fully saturated rings. The minimum absolute atomic E-state index is 0.000695. The zero-order chi connectivity index (χ0) is 15.6. The van der Waals surface area contributed by atoms with E-state index in [1.807, 2.05) is 0 Å². The third-order valence-corrected chi connectivity index (χ3v) is 3.45. The smallest absolute Gasteiger partial charge is 0.311 e. The standard InChI is InChI=1S/C13H14F2N4O2/c1-3-13(2,12(20)21)7-19-11(16-17-18-19)8-4-9(14)6-10(15)5-8/h4-6H,3,7H2,1-2H3,(H,20,21). The van der Waals surface area contributed by atoms with Gasteiger partial charge < -0.3 is 5.11 Å². The van der Waals surface area contributed by atoms with Crippen LogP contribution in [-0.2, 0) is 11.3 Å². The van der Waals surface area contributed by atoms with Gasteiger partial charge in [0, 0.05) is 11.6 Å². The second-order valence-electron chi connectivity index (χ2n) is 5.04. The maximum absolute atomic E-state index is 13.3. The van der Waals surface area contributed by atoms with Crippen LogP contribution >= 0.6 is 0 Å². The first-order chi connectivity index (χ1) is 9.85. The van der Waals surface area contributed by atoms with E-state index < -0.39 is 23.0 Å². The third-order valence-electron chi connectivity index (χ3n) is 3.45. The first-order valence-corrected chi connectivity index (χ1v) is 6.32. The van der Waals surface area contributed by atoms with Gasteiger partial charge in [0.15, 0.2) is 5.82 Å². The van der Waals surface area contributed by atoms with Crippen molar-refractivity contribution in [1.82, 2.24) is 20.2 Å². The van der Waals surface area contributed by atoms with Gasteiger partial charge in [0.05, 0.1) is 12.0 Å². The second-order valence-corrected chi connectivity index (χ2v) is 5.04. The van der Waals surface area contributed by atoms with Crippen LogP contribution in [0.4, 0.5) is 8.78 Å². The van der Waals surface area contributed by atoms with E-state index in [0.29, 0.717) is 6.42 Å². The van der Waals surface area contributed by atoms with Crippen molar-refractivity contribution in [3.05, 3.63) is 29.8 Å². The first kappa shape index (κ1) is 15.0. The van der Waals surface area contributed by atoms with Crippen LogP contribution in [0, 0.1) is 17.0 Å². The van der Waals surface area contributed by atoms with Gasteiger partial charge >= 0.3 is 5.97 Å². The number of rotatable bonds is 5. The molecule has 1 unspecified atom stereocenters. The monoisotopic (exact) mass is 296 g/mol. The summed E-state index contributed by atoms with van der Waals surface area (Å²) in [4.78, 5) is 11.3. The van der Waals surface area contributed by atoms with Crippen molar-refractivity contribution < 1.29 is 18.7 Å². The molecule has 0 spiro atoms. The Bertz CT molecular complexity index is 654. The highest BCUT2D eigenvalue weighted by Gasteiger charge is 2.33. The number of aromatic nitrogens is 4. The maximum Gasteiger partial charge on any atom is 0.311 e. The van der Waals surface area contributed by atoms with Crippen molar-refractivity contribution in [2.75, 3.05) is 0 Å². The number of hydrogen-bond acceptors (Lipinski definition) is 4. The van der Waals surface area contributed by atoms with E-state index in [2.05, 4.69) is 15.5 Å². The molecule has 21 heavy (non-hydrogen) atoms. The SMILES string of the molecule is CCC(C)(Cn1nnnc1-c1cc(F)cc(F)c1)C(=O)O. The Kier molecular flexibility index (Phi) is 3.97. The number of halogens is 2. The summed E-state index contributed by atoms with van der Waals surface area (Å²) in [5.74, 6) is -2.38. The lowest BCUT2D eigenvalue weighted by molar-refractivity contribution is -0.149. The molecule has 1 aromatic carbocycles. The molecule has 0 aliphatic carbocycles. The van der Waals surface area contributed by atoms with Crippen molar-refractivity contribution >= 4 is 5.97 Å². The van der Waals surface area contributed by atoms with Crippen LogP contribution in [0.5, 0.6) is 0 Å². The van der Waals surface area contributed by atoms with E-state index in [-0.39, 0.29) is 17.9 Å². The molecule has 0 saturated carbocycles. The Labute approximate surface area is 119 Å². The second kappa shape index (κ2) is 5.55. The van der Waals surface area contributed by atoms with Gasteiger partial charge in [-0.3, -0.25) is 4.79 Å². The van der Waals surface area contributed by atoms with Crippen LogP contribution in [0.1, 0.15) is 20.3 Å². The zero-order valence-corrected chi connectivity index (χ0v) is 11.5. The predicted molar refractivity (Wildman–Crippen MR) is 69.2 cm³/mol. The molecule has 6 nitrogen and oxygen atoms in total. The quantitative estimate of drug-likeness (QED) is 0.914. The summed E-state index contributed by atoms with van der Waals surface area (Å²) in [7, 11) is 0. The molecule has 1 aromatic heterocycles. The lowest BCUT2D eigenvalue weighted by Crippen LogP contribution is -2.32. The summed E-state index contributed by atoms with van der Waals surface area (Å²) >= 11 is 0. The van der Waals surface area contributed by atoms with Gasteiger partial charge in [-0.15, -0.1) is 5.10 Å². The summed E-state index contributed by atoms with van der Waals surface area (Å²) in [6.07, 6.45) is 0.360. The molecule has 2 aromatic rings. The first-order valence-electron chi connectivity index (χ1n) is 6.32. The Balaban J connectivity index is 2.41. The summed E-state index contributed by atoms with van der Waals surface area (Å²) in [6.45, 7) is 3.30. The van der Waals surface area contributed by atoms with Gasteiger partial charge in [-0.1, -0.05) is 6.92 Å². The Morgan fingerprint density at radius 3 is 2.48 bits per heavy atom. The molecule has 0 aliphatic heterocycles. The van der Waals surface area contributed by atoms with E-state index >= 15 is 0 Å². The van der Waals surface area contributed by atoms with Crippen molar-refractivity contribution in [3.8, 4) is 11.4 Å². The molecule has 0 aliphatic rings. The number of aliphatic carboxylic acids is 1. The summed E-state index contributed by atoms with van der Waals surface area (Å²) in [5, 5.41) is 20.2. The molecule has 0 bridgehead atoms. The fourth-order valence-corrected chi connectivity index (χ4v) is 1.86. The van der Waals surface area contributed by atoms with Gasteiger partial charge in [-0.2, -0.15) is 0 Å².